The molecule has 5 nitrogen and oxygen atoms in total. The molecule has 1 atom stereocenters. The number of H-pyrrole nitrogens is 1. The van der Waals surface area contributed by atoms with E-state index in [0.717, 1.165) is 25.7 Å². The van der Waals surface area contributed by atoms with Crippen LogP contribution in [0.25, 0.3) is 11.0 Å². The van der Waals surface area contributed by atoms with Crippen molar-refractivity contribution >= 4 is 17.0 Å². The van der Waals surface area contributed by atoms with Crippen molar-refractivity contribution in [3.63, 3.8) is 0 Å². The molecule has 0 radical (unpaired) electrons. The van der Waals surface area contributed by atoms with Crippen molar-refractivity contribution in [3.8, 4) is 0 Å². The Morgan fingerprint density at radius 1 is 1.40 bits per heavy atom. The summed E-state index contributed by atoms with van der Waals surface area (Å²) in [6, 6.07) is 4.91. The van der Waals surface area contributed by atoms with Crippen LogP contribution >= 0.6 is 0 Å². The normalized spacial score (nSPS) is 12.7. The van der Waals surface area contributed by atoms with Gasteiger partial charge in [0.1, 0.15) is 0 Å². The van der Waals surface area contributed by atoms with Crippen molar-refractivity contribution in [2.24, 2.45) is 0 Å². The van der Waals surface area contributed by atoms with Crippen molar-refractivity contribution in [1.29, 1.82) is 0 Å². The minimum atomic E-state index is -1.01. The first-order valence-electron chi connectivity index (χ1n) is 7.02. The van der Waals surface area contributed by atoms with Crippen molar-refractivity contribution in [2.45, 2.75) is 45.6 Å². The molecule has 20 heavy (non-hydrogen) atoms. The zero-order valence-electron chi connectivity index (χ0n) is 11.8. The fraction of sp³-hybridized carbons (Fsp3) is 0.467. The van der Waals surface area contributed by atoms with Gasteiger partial charge in [0, 0.05) is 6.04 Å². The minimum absolute atomic E-state index is 0.0108. The van der Waals surface area contributed by atoms with E-state index in [4.69, 9.17) is 0 Å². The number of carboxylic acids is 1. The van der Waals surface area contributed by atoms with Gasteiger partial charge in [-0.2, -0.15) is 0 Å². The predicted molar refractivity (Wildman–Crippen MR) is 78.4 cm³/mol. The Kier molecular flexibility index (Phi) is 4.27. The predicted octanol–water partition coefficient (Wildman–Crippen LogP) is 3.17. The Balaban J connectivity index is 2.49. The van der Waals surface area contributed by atoms with E-state index < -0.39 is 5.97 Å². The van der Waals surface area contributed by atoms with E-state index in [0.29, 0.717) is 11.0 Å². The molecule has 1 aromatic carbocycles. The highest BCUT2D eigenvalue weighted by atomic mass is 16.4. The van der Waals surface area contributed by atoms with Crippen LogP contribution < -0.4 is 5.69 Å². The fourth-order valence-corrected chi connectivity index (χ4v) is 2.59. The molecule has 1 unspecified atom stereocenters. The molecule has 108 valence electrons. The number of benzene rings is 1. The number of carbonyl (C=O) groups is 1. The lowest BCUT2D eigenvalue weighted by molar-refractivity contribution is 0.0698. The van der Waals surface area contributed by atoms with Gasteiger partial charge in [-0.05, 0) is 25.5 Å². The van der Waals surface area contributed by atoms with Gasteiger partial charge in [0.05, 0.1) is 16.6 Å². The largest absolute Gasteiger partial charge is 0.478 e. The van der Waals surface area contributed by atoms with Gasteiger partial charge in [-0.3, -0.25) is 4.57 Å². The number of rotatable bonds is 6. The second-order valence-corrected chi connectivity index (χ2v) is 5.15. The Bertz CT molecular complexity index is 669. The van der Waals surface area contributed by atoms with Gasteiger partial charge < -0.3 is 10.1 Å². The lowest BCUT2D eigenvalue weighted by atomic mass is 10.1. The minimum Gasteiger partial charge on any atom is -0.478 e. The summed E-state index contributed by atoms with van der Waals surface area (Å²) in [4.78, 5) is 26.2. The van der Waals surface area contributed by atoms with Gasteiger partial charge in [0.2, 0.25) is 0 Å². The summed E-state index contributed by atoms with van der Waals surface area (Å²) in [6.45, 7) is 4.09. The number of fused-ring (bicyclic) bond motifs is 1. The molecule has 2 rings (SSSR count). The maximum Gasteiger partial charge on any atom is 0.337 e. The highest BCUT2D eigenvalue weighted by molar-refractivity contribution is 6.01. The average Bonchev–Trinajstić information content (AvgIpc) is 2.74. The van der Waals surface area contributed by atoms with Gasteiger partial charge in [-0.1, -0.05) is 32.3 Å². The van der Waals surface area contributed by atoms with Crippen LogP contribution in [-0.2, 0) is 0 Å². The van der Waals surface area contributed by atoms with Crippen LogP contribution in [0.1, 0.15) is 55.9 Å². The number of aromatic amines is 1. The summed E-state index contributed by atoms with van der Waals surface area (Å²) in [6.07, 6.45) is 4.14. The van der Waals surface area contributed by atoms with Gasteiger partial charge >= 0.3 is 11.7 Å². The summed E-state index contributed by atoms with van der Waals surface area (Å²) in [7, 11) is 0. The van der Waals surface area contributed by atoms with Crippen LogP contribution in [0.15, 0.2) is 23.0 Å². The molecule has 1 heterocycles. The second kappa shape index (κ2) is 5.94. The maximum absolute atomic E-state index is 12.1. The molecule has 0 saturated heterocycles. The van der Waals surface area contributed by atoms with E-state index in [-0.39, 0.29) is 17.3 Å². The van der Waals surface area contributed by atoms with Crippen molar-refractivity contribution in [2.75, 3.05) is 0 Å². The molecule has 0 aliphatic heterocycles. The third-order valence-corrected chi connectivity index (χ3v) is 3.63. The third kappa shape index (κ3) is 2.61. The van der Waals surface area contributed by atoms with Crippen LogP contribution in [-0.4, -0.2) is 20.6 Å². The standard InChI is InChI=1S/C15H20N2O3/c1-3-4-5-7-10(2)17-13-11(14(18)19)8-6-9-12(13)16-15(17)20/h6,8-10H,3-5,7H2,1-2H3,(H,16,20)(H,18,19). The van der Waals surface area contributed by atoms with E-state index in [2.05, 4.69) is 11.9 Å². The summed E-state index contributed by atoms with van der Waals surface area (Å²) < 4.78 is 1.58. The summed E-state index contributed by atoms with van der Waals surface area (Å²) in [5.74, 6) is -1.01. The SMILES string of the molecule is CCCCCC(C)n1c(=O)[nH]c2cccc(C(=O)O)c21. The molecule has 5 heteroatoms. The first-order valence-corrected chi connectivity index (χ1v) is 7.02. The van der Waals surface area contributed by atoms with E-state index in [1.807, 2.05) is 6.92 Å². The van der Waals surface area contributed by atoms with Crippen molar-refractivity contribution in [1.82, 2.24) is 9.55 Å². The summed E-state index contributed by atoms with van der Waals surface area (Å²) in [5.41, 5.74) is 1.01. The van der Waals surface area contributed by atoms with Gasteiger partial charge in [-0.25, -0.2) is 9.59 Å². The van der Waals surface area contributed by atoms with E-state index in [9.17, 15) is 14.7 Å². The smallest absolute Gasteiger partial charge is 0.337 e. The number of imidazole rings is 1. The molecule has 0 aliphatic rings. The number of aromatic nitrogens is 2. The average molecular weight is 276 g/mol. The number of hydrogen-bond donors (Lipinski definition) is 2. The Morgan fingerprint density at radius 2 is 2.15 bits per heavy atom. The van der Waals surface area contributed by atoms with E-state index >= 15 is 0 Å². The zero-order valence-corrected chi connectivity index (χ0v) is 11.8. The Hall–Kier alpha value is -2.04. The highest BCUT2D eigenvalue weighted by Gasteiger charge is 2.18. The lowest BCUT2D eigenvalue weighted by Crippen LogP contribution is -2.21. The zero-order chi connectivity index (χ0) is 14.7. The summed E-state index contributed by atoms with van der Waals surface area (Å²) >= 11 is 0. The molecule has 0 aliphatic carbocycles. The molecular formula is C15H20N2O3. The molecule has 1 aromatic heterocycles. The molecule has 0 bridgehead atoms. The number of nitrogens with zero attached hydrogens (tertiary/aromatic N) is 1. The van der Waals surface area contributed by atoms with Crippen molar-refractivity contribution < 1.29 is 9.90 Å². The van der Waals surface area contributed by atoms with Gasteiger partial charge in [0.15, 0.2) is 0 Å². The van der Waals surface area contributed by atoms with Crippen LogP contribution in [0, 0.1) is 0 Å². The fourth-order valence-electron chi connectivity index (χ4n) is 2.59. The van der Waals surface area contributed by atoms with Crippen LogP contribution in [0.5, 0.6) is 0 Å². The van der Waals surface area contributed by atoms with Crippen molar-refractivity contribution in [3.05, 3.63) is 34.2 Å². The molecule has 0 spiro atoms. The van der Waals surface area contributed by atoms with Crippen LogP contribution in [0.4, 0.5) is 0 Å². The van der Waals surface area contributed by atoms with E-state index in [1.54, 1.807) is 16.7 Å². The number of carboxylic acid groups (broad SMARTS) is 1. The Morgan fingerprint density at radius 3 is 2.80 bits per heavy atom. The molecular weight excluding hydrogens is 256 g/mol. The maximum atomic E-state index is 12.1. The quantitative estimate of drug-likeness (QED) is 0.796. The highest BCUT2D eigenvalue weighted by Crippen LogP contribution is 2.22. The third-order valence-electron chi connectivity index (χ3n) is 3.63. The number of unbranched alkanes of at least 4 members (excludes halogenated alkanes) is 2. The Labute approximate surface area is 117 Å². The number of para-hydroxylation sites is 1. The monoisotopic (exact) mass is 276 g/mol. The second-order valence-electron chi connectivity index (χ2n) is 5.15. The molecule has 2 aromatic rings. The van der Waals surface area contributed by atoms with E-state index in [1.165, 1.54) is 6.07 Å². The number of aromatic carboxylic acids is 1. The number of nitrogens with one attached hydrogen (secondary N) is 1. The van der Waals surface area contributed by atoms with Crippen LogP contribution in [0.2, 0.25) is 0 Å². The topological polar surface area (TPSA) is 75.1 Å². The summed E-state index contributed by atoms with van der Waals surface area (Å²) in [5, 5.41) is 9.28. The van der Waals surface area contributed by atoms with Gasteiger partial charge in [-0.15, -0.1) is 0 Å². The first kappa shape index (κ1) is 14.4. The van der Waals surface area contributed by atoms with Gasteiger partial charge in [0.25, 0.3) is 0 Å². The first-order chi connectivity index (χ1) is 9.56. The molecule has 0 fully saturated rings. The molecule has 2 N–H and O–H groups in total. The number of hydrogen-bond acceptors (Lipinski definition) is 2. The van der Waals surface area contributed by atoms with Crippen LogP contribution in [0.3, 0.4) is 0 Å². The molecule has 0 saturated carbocycles. The molecule has 0 amide bonds. The lowest BCUT2D eigenvalue weighted by Gasteiger charge is -2.14.